The molecule has 1 aliphatic heterocycles. The first-order valence-corrected chi connectivity index (χ1v) is 6.96. The lowest BCUT2D eigenvalue weighted by atomic mass is 10.0. The van der Waals surface area contributed by atoms with Gasteiger partial charge in [0.2, 0.25) is 0 Å². The summed E-state index contributed by atoms with van der Waals surface area (Å²) in [5.74, 6) is 0.989. The van der Waals surface area contributed by atoms with Gasteiger partial charge in [-0.1, -0.05) is 12.1 Å². The molecule has 0 saturated heterocycles. The van der Waals surface area contributed by atoms with Gasteiger partial charge >= 0.3 is 0 Å². The first-order chi connectivity index (χ1) is 9.70. The third-order valence-corrected chi connectivity index (χ3v) is 3.99. The lowest BCUT2D eigenvalue weighted by molar-refractivity contribution is 0.194. The molecular weight excluding hydrogens is 250 g/mol. The second-order valence-electron chi connectivity index (χ2n) is 5.48. The van der Waals surface area contributed by atoms with Gasteiger partial charge in [-0.25, -0.2) is 0 Å². The lowest BCUT2D eigenvalue weighted by Gasteiger charge is -2.22. The maximum atomic E-state index is 6.01. The van der Waals surface area contributed by atoms with Crippen LogP contribution in [0, 0.1) is 0 Å². The van der Waals surface area contributed by atoms with Crippen LogP contribution in [0.2, 0.25) is 0 Å². The number of hydrogen-bond donors (Lipinski definition) is 1. The fourth-order valence-electron chi connectivity index (χ4n) is 3.05. The number of rotatable bonds is 4. The summed E-state index contributed by atoms with van der Waals surface area (Å²) < 4.78 is 5.47. The highest BCUT2D eigenvalue weighted by atomic mass is 16.3. The summed E-state index contributed by atoms with van der Waals surface area (Å²) in [5, 5.41) is 0. The molecule has 0 amide bonds. The molecule has 1 aromatic heterocycles. The number of nitrogens with two attached hydrogens (primary N) is 1. The van der Waals surface area contributed by atoms with E-state index in [0.29, 0.717) is 6.54 Å². The van der Waals surface area contributed by atoms with E-state index in [1.165, 1.54) is 16.8 Å². The minimum absolute atomic E-state index is 0.273. The maximum absolute atomic E-state index is 6.01. The third kappa shape index (κ3) is 2.21. The van der Waals surface area contributed by atoms with E-state index in [4.69, 9.17) is 10.2 Å². The van der Waals surface area contributed by atoms with Crippen LogP contribution in [-0.4, -0.2) is 25.5 Å². The highest BCUT2D eigenvalue weighted by molar-refractivity contribution is 5.58. The number of benzene rings is 1. The van der Waals surface area contributed by atoms with Crippen molar-refractivity contribution in [3.05, 3.63) is 53.5 Å². The third-order valence-electron chi connectivity index (χ3n) is 3.99. The lowest BCUT2D eigenvalue weighted by Crippen LogP contribution is -2.27. The van der Waals surface area contributed by atoms with Gasteiger partial charge in [-0.05, 0) is 29.3 Å². The predicted molar refractivity (Wildman–Crippen MR) is 80.5 cm³/mol. The molecule has 2 N–H and O–H groups in total. The van der Waals surface area contributed by atoms with E-state index in [1.54, 1.807) is 6.26 Å². The zero-order valence-electron chi connectivity index (χ0n) is 12.0. The number of hydrogen-bond acceptors (Lipinski definition) is 4. The normalized spacial score (nSPS) is 18.2. The molecule has 0 fully saturated rings. The second-order valence-corrected chi connectivity index (χ2v) is 5.48. The number of furan rings is 1. The molecular formula is C16H21N3O. The molecule has 0 radical (unpaired) electrons. The van der Waals surface area contributed by atoms with Crippen LogP contribution >= 0.6 is 0 Å². The van der Waals surface area contributed by atoms with Crippen LogP contribution in [-0.2, 0) is 13.1 Å². The largest absolute Gasteiger partial charge is 0.468 e. The Balaban J connectivity index is 1.92. The van der Waals surface area contributed by atoms with Crippen molar-refractivity contribution in [3.63, 3.8) is 0 Å². The van der Waals surface area contributed by atoms with Crippen LogP contribution in [0.1, 0.15) is 22.9 Å². The van der Waals surface area contributed by atoms with E-state index in [2.05, 4.69) is 42.1 Å². The van der Waals surface area contributed by atoms with Crippen molar-refractivity contribution in [2.45, 2.75) is 19.1 Å². The van der Waals surface area contributed by atoms with Crippen LogP contribution in [0.25, 0.3) is 0 Å². The van der Waals surface area contributed by atoms with Crippen molar-refractivity contribution >= 4 is 5.69 Å². The summed E-state index contributed by atoms with van der Waals surface area (Å²) in [6.45, 7) is 2.35. The molecule has 0 aliphatic carbocycles. The molecule has 2 aromatic rings. The van der Waals surface area contributed by atoms with Gasteiger partial charge < -0.3 is 15.1 Å². The summed E-state index contributed by atoms with van der Waals surface area (Å²) in [6, 6.07) is 10.7. The smallest absolute Gasteiger partial charge is 0.117 e. The van der Waals surface area contributed by atoms with Crippen LogP contribution in [0.5, 0.6) is 0 Å². The molecule has 3 rings (SSSR count). The van der Waals surface area contributed by atoms with Crippen molar-refractivity contribution in [3.8, 4) is 0 Å². The van der Waals surface area contributed by atoms with E-state index >= 15 is 0 Å². The minimum Gasteiger partial charge on any atom is -0.468 e. The first kappa shape index (κ1) is 13.2. The molecule has 4 nitrogen and oxygen atoms in total. The van der Waals surface area contributed by atoms with Crippen molar-refractivity contribution in [2.24, 2.45) is 5.73 Å². The Hall–Kier alpha value is -1.78. The van der Waals surface area contributed by atoms with Crippen LogP contribution in [0.4, 0.5) is 5.69 Å². The Bertz CT molecular complexity index is 577. The van der Waals surface area contributed by atoms with Gasteiger partial charge in [0.15, 0.2) is 0 Å². The minimum atomic E-state index is 0.273. The predicted octanol–water partition coefficient (Wildman–Crippen LogP) is 2.36. The topological polar surface area (TPSA) is 45.6 Å². The zero-order valence-corrected chi connectivity index (χ0v) is 12.0. The molecule has 1 aromatic carbocycles. The van der Waals surface area contributed by atoms with Crippen LogP contribution < -0.4 is 10.6 Å². The average Bonchev–Trinajstić information content (AvgIpc) is 3.05. The second kappa shape index (κ2) is 5.31. The standard InChI is InChI=1S/C16H21N3O/c1-18(2)15-7-3-6-13-14(15)11-19(16(13)9-17)10-12-5-4-8-20-12/h3-8,16H,9-11,17H2,1-2H3. The molecule has 1 aliphatic rings. The molecule has 4 heteroatoms. The number of anilines is 1. The van der Waals surface area contributed by atoms with Crippen LogP contribution in [0.15, 0.2) is 41.0 Å². The van der Waals surface area contributed by atoms with E-state index in [9.17, 15) is 0 Å². The Kier molecular flexibility index (Phi) is 3.51. The molecule has 0 bridgehead atoms. The molecule has 20 heavy (non-hydrogen) atoms. The van der Waals surface area contributed by atoms with Gasteiger partial charge in [-0.15, -0.1) is 0 Å². The van der Waals surface area contributed by atoms with Crippen molar-refractivity contribution in [2.75, 3.05) is 25.5 Å². The van der Waals surface area contributed by atoms with E-state index in [-0.39, 0.29) is 6.04 Å². The molecule has 0 saturated carbocycles. The highest BCUT2D eigenvalue weighted by Crippen LogP contribution is 2.38. The van der Waals surface area contributed by atoms with E-state index in [1.807, 2.05) is 12.1 Å². The Morgan fingerprint density at radius 1 is 1.30 bits per heavy atom. The SMILES string of the molecule is CN(C)c1cccc2c1CN(Cc1ccco1)C2CN. The first-order valence-electron chi connectivity index (χ1n) is 6.96. The number of nitrogens with zero attached hydrogens (tertiary/aromatic N) is 2. The summed E-state index contributed by atoms with van der Waals surface area (Å²) in [4.78, 5) is 4.55. The van der Waals surface area contributed by atoms with Gasteiger partial charge in [-0.2, -0.15) is 0 Å². The fourth-order valence-corrected chi connectivity index (χ4v) is 3.05. The van der Waals surface area contributed by atoms with Gasteiger partial charge in [0.05, 0.1) is 12.8 Å². The van der Waals surface area contributed by atoms with Crippen molar-refractivity contribution in [1.29, 1.82) is 0 Å². The van der Waals surface area contributed by atoms with Gasteiger partial charge in [0.1, 0.15) is 5.76 Å². The van der Waals surface area contributed by atoms with Crippen molar-refractivity contribution < 1.29 is 4.42 Å². The average molecular weight is 271 g/mol. The zero-order chi connectivity index (χ0) is 14.1. The molecule has 106 valence electrons. The Morgan fingerprint density at radius 2 is 2.15 bits per heavy atom. The number of fused-ring (bicyclic) bond motifs is 1. The molecule has 1 unspecified atom stereocenters. The maximum Gasteiger partial charge on any atom is 0.117 e. The van der Waals surface area contributed by atoms with Crippen molar-refractivity contribution in [1.82, 2.24) is 4.90 Å². The molecule has 1 atom stereocenters. The highest BCUT2D eigenvalue weighted by Gasteiger charge is 2.31. The fraction of sp³-hybridized carbons (Fsp3) is 0.375. The van der Waals surface area contributed by atoms with Gasteiger partial charge in [0.25, 0.3) is 0 Å². The van der Waals surface area contributed by atoms with E-state index in [0.717, 1.165) is 18.8 Å². The summed E-state index contributed by atoms with van der Waals surface area (Å²) in [6.07, 6.45) is 1.72. The molecule has 2 heterocycles. The van der Waals surface area contributed by atoms with Crippen LogP contribution in [0.3, 0.4) is 0 Å². The van der Waals surface area contributed by atoms with Gasteiger partial charge in [-0.3, -0.25) is 4.90 Å². The molecule has 0 spiro atoms. The van der Waals surface area contributed by atoms with Gasteiger partial charge in [0, 0.05) is 38.9 Å². The van der Waals surface area contributed by atoms with E-state index < -0.39 is 0 Å². The summed E-state index contributed by atoms with van der Waals surface area (Å²) in [5.41, 5.74) is 10.0. The Morgan fingerprint density at radius 3 is 2.80 bits per heavy atom. The summed E-state index contributed by atoms with van der Waals surface area (Å²) in [7, 11) is 4.17. The quantitative estimate of drug-likeness (QED) is 0.927. The summed E-state index contributed by atoms with van der Waals surface area (Å²) >= 11 is 0. The Labute approximate surface area is 119 Å². The monoisotopic (exact) mass is 271 g/mol.